The SMILES string of the molecule is CC(O)c1ccccc1-n1cc(S(C)(=O)=O)cn1. The molecule has 1 unspecified atom stereocenters. The minimum Gasteiger partial charge on any atom is -0.389 e. The molecule has 1 atom stereocenters. The van der Waals surface area contributed by atoms with E-state index in [0.29, 0.717) is 11.3 Å². The summed E-state index contributed by atoms with van der Waals surface area (Å²) < 4.78 is 24.2. The maximum absolute atomic E-state index is 11.4. The summed E-state index contributed by atoms with van der Waals surface area (Å²) in [7, 11) is -3.27. The van der Waals surface area contributed by atoms with E-state index in [-0.39, 0.29) is 4.90 Å². The van der Waals surface area contributed by atoms with E-state index in [1.807, 2.05) is 12.1 Å². The molecule has 0 aliphatic carbocycles. The molecule has 18 heavy (non-hydrogen) atoms. The number of aliphatic hydroxyl groups excluding tert-OH is 1. The summed E-state index contributed by atoms with van der Waals surface area (Å²) in [5, 5.41) is 13.7. The van der Waals surface area contributed by atoms with Gasteiger partial charge in [0.05, 0.1) is 18.0 Å². The fourth-order valence-corrected chi connectivity index (χ4v) is 2.21. The van der Waals surface area contributed by atoms with Crippen LogP contribution >= 0.6 is 0 Å². The second-order valence-electron chi connectivity index (χ2n) is 4.13. The topological polar surface area (TPSA) is 72.2 Å². The zero-order valence-electron chi connectivity index (χ0n) is 10.1. The van der Waals surface area contributed by atoms with Crippen molar-refractivity contribution in [1.82, 2.24) is 9.78 Å². The Bertz CT molecular complexity index is 659. The normalized spacial score (nSPS) is 13.5. The number of aromatic nitrogens is 2. The van der Waals surface area contributed by atoms with Crippen LogP contribution in [0.3, 0.4) is 0 Å². The maximum Gasteiger partial charge on any atom is 0.178 e. The largest absolute Gasteiger partial charge is 0.389 e. The second kappa shape index (κ2) is 4.55. The van der Waals surface area contributed by atoms with Crippen molar-refractivity contribution < 1.29 is 13.5 Å². The Morgan fingerprint density at radius 3 is 2.56 bits per heavy atom. The first-order valence-corrected chi connectivity index (χ1v) is 7.31. The molecule has 1 aromatic carbocycles. The van der Waals surface area contributed by atoms with Crippen LogP contribution in [0.5, 0.6) is 0 Å². The van der Waals surface area contributed by atoms with Gasteiger partial charge in [-0.15, -0.1) is 0 Å². The van der Waals surface area contributed by atoms with Gasteiger partial charge in [-0.3, -0.25) is 0 Å². The van der Waals surface area contributed by atoms with Crippen LogP contribution in [0.4, 0.5) is 0 Å². The van der Waals surface area contributed by atoms with Crippen molar-refractivity contribution in [1.29, 1.82) is 0 Å². The lowest BCUT2D eigenvalue weighted by Gasteiger charge is -2.11. The molecule has 0 saturated carbocycles. The summed E-state index contributed by atoms with van der Waals surface area (Å²) in [4.78, 5) is 0.155. The number of benzene rings is 1. The summed E-state index contributed by atoms with van der Waals surface area (Å²) in [5.74, 6) is 0. The van der Waals surface area contributed by atoms with Gasteiger partial charge in [-0.2, -0.15) is 5.10 Å². The molecule has 0 amide bonds. The number of hydrogen-bond acceptors (Lipinski definition) is 4. The van der Waals surface area contributed by atoms with Gasteiger partial charge in [-0.05, 0) is 13.0 Å². The van der Waals surface area contributed by atoms with Crippen molar-refractivity contribution in [3.8, 4) is 5.69 Å². The van der Waals surface area contributed by atoms with Crippen molar-refractivity contribution in [3.05, 3.63) is 42.2 Å². The fraction of sp³-hybridized carbons (Fsp3) is 0.250. The molecule has 1 N–H and O–H groups in total. The molecule has 96 valence electrons. The summed E-state index contributed by atoms with van der Waals surface area (Å²) in [6.07, 6.45) is 3.23. The van der Waals surface area contributed by atoms with Gasteiger partial charge in [0.15, 0.2) is 9.84 Å². The van der Waals surface area contributed by atoms with E-state index in [0.717, 1.165) is 6.26 Å². The number of sulfone groups is 1. The highest BCUT2D eigenvalue weighted by molar-refractivity contribution is 7.90. The number of hydrogen-bond donors (Lipinski definition) is 1. The van der Waals surface area contributed by atoms with Crippen molar-refractivity contribution in [3.63, 3.8) is 0 Å². The third kappa shape index (κ3) is 2.44. The van der Waals surface area contributed by atoms with Crippen LogP contribution in [0.15, 0.2) is 41.6 Å². The minimum absolute atomic E-state index is 0.155. The summed E-state index contributed by atoms with van der Waals surface area (Å²) in [5.41, 5.74) is 1.36. The van der Waals surface area contributed by atoms with Gasteiger partial charge in [-0.1, -0.05) is 18.2 Å². The van der Waals surface area contributed by atoms with Gasteiger partial charge >= 0.3 is 0 Å². The van der Waals surface area contributed by atoms with Crippen molar-refractivity contribution in [2.24, 2.45) is 0 Å². The van der Waals surface area contributed by atoms with Crippen molar-refractivity contribution in [2.75, 3.05) is 6.26 Å². The molecule has 0 bridgehead atoms. The van der Waals surface area contributed by atoms with Crippen LogP contribution in [0.25, 0.3) is 5.69 Å². The number of aliphatic hydroxyl groups is 1. The quantitative estimate of drug-likeness (QED) is 0.909. The smallest absolute Gasteiger partial charge is 0.178 e. The molecule has 0 spiro atoms. The van der Waals surface area contributed by atoms with Gasteiger partial charge in [0, 0.05) is 18.0 Å². The molecule has 6 heteroatoms. The Labute approximate surface area is 106 Å². The summed E-state index contributed by atoms with van der Waals surface area (Å²) in [6, 6.07) is 7.18. The van der Waals surface area contributed by atoms with E-state index < -0.39 is 15.9 Å². The Hall–Kier alpha value is -1.66. The molecule has 0 saturated heterocycles. The average Bonchev–Trinajstić information content (AvgIpc) is 2.77. The Balaban J connectivity index is 2.53. The van der Waals surface area contributed by atoms with Crippen LogP contribution in [-0.4, -0.2) is 29.6 Å². The highest BCUT2D eigenvalue weighted by Gasteiger charge is 2.13. The molecule has 0 fully saturated rings. The van der Waals surface area contributed by atoms with Crippen LogP contribution in [-0.2, 0) is 9.84 Å². The molecule has 1 aromatic heterocycles. The highest BCUT2D eigenvalue weighted by Crippen LogP contribution is 2.21. The first-order chi connectivity index (χ1) is 8.39. The monoisotopic (exact) mass is 266 g/mol. The van der Waals surface area contributed by atoms with E-state index in [4.69, 9.17) is 0 Å². The zero-order chi connectivity index (χ0) is 13.3. The lowest BCUT2D eigenvalue weighted by Crippen LogP contribution is -2.02. The van der Waals surface area contributed by atoms with Crippen LogP contribution < -0.4 is 0 Å². The molecule has 5 nitrogen and oxygen atoms in total. The Morgan fingerprint density at radius 2 is 2.00 bits per heavy atom. The molecule has 0 radical (unpaired) electrons. The van der Waals surface area contributed by atoms with Crippen molar-refractivity contribution >= 4 is 9.84 Å². The minimum atomic E-state index is -3.27. The standard InChI is InChI=1S/C12H14N2O3S/c1-9(15)11-5-3-4-6-12(11)14-8-10(7-13-14)18(2,16)17/h3-9,15H,1-2H3. The molecule has 2 aromatic rings. The lowest BCUT2D eigenvalue weighted by atomic mass is 10.1. The van der Waals surface area contributed by atoms with Crippen molar-refractivity contribution in [2.45, 2.75) is 17.9 Å². The molecule has 2 rings (SSSR count). The van der Waals surface area contributed by atoms with Gasteiger partial charge < -0.3 is 5.11 Å². The van der Waals surface area contributed by atoms with Crippen LogP contribution in [0.2, 0.25) is 0 Å². The highest BCUT2D eigenvalue weighted by atomic mass is 32.2. The fourth-order valence-electron chi connectivity index (χ4n) is 1.68. The zero-order valence-corrected chi connectivity index (χ0v) is 10.9. The van der Waals surface area contributed by atoms with E-state index in [1.165, 1.54) is 17.1 Å². The third-order valence-electron chi connectivity index (χ3n) is 2.62. The van der Waals surface area contributed by atoms with E-state index in [9.17, 15) is 13.5 Å². The first-order valence-electron chi connectivity index (χ1n) is 5.41. The van der Waals surface area contributed by atoms with Gasteiger partial charge in [0.25, 0.3) is 0 Å². The van der Waals surface area contributed by atoms with Gasteiger partial charge in [0.2, 0.25) is 0 Å². The van der Waals surface area contributed by atoms with E-state index in [1.54, 1.807) is 19.1 Å². The maximum atomic E-state index is 11.4. The molecular formula is C12H14N2O3S. The Kier molecular flexibility index (Phi) is 3.23. The predicted octanol–water partition coefficient (Wildman–Crippen LogP) is 1.33. The predicted molar refractivity (Wildman–Crippen MR) is 67.3 cm³/mol. The summed E-state index contributed by atoms with van der Waals surface area (Å²) in [6.45, 7) is 1.65. The Morgan fingerprint density at radius 1 is 1.33 bits per heavy atom. The average molecular weight is 266 g/mol. The van der Waals surface area contributed by atoms with E-state index >= 15 is 0 Å². The second-order valence-corrected chi connectivity index (χ2v) is 6.14. The van der Waals surface area contributed by atoms with Gasteiger partial charge in [-0.25, -0.2) is 13.1 Å². The number of para-hydroxylation sites is 1. The molecule has 1 heterocycles. The molecular weight excluding hydrogens is 252 g/mol. The molecule has 0 aliphatic heterocycles. The lowest BCUT2D eigenvalue weighted by molar-refractivity contribution is 0.199. The molecule has 0 aliphatic rings. The van der Waals surface area contributed by atoms with Gasteiger partial charge in [0.1, 0.15) is 4.90 Å². The number of nitrogens with zero attached hydrogens (tertiary/aromatic N) is 2. The summed E-state index contributed by atoms with van der Waals surface area (Å²) >= 11 is 0. The van der Waals surface area contributed by atoms with E-state index in [2.05, 4.69) is 5.10 Å². The number of rotatable bonds is 3. The third-order valence-corrected chi connectivity index (χ3v) is 3.69. The van der Waals surface area contributed by atoms with Crippen LogP contribution in [0.1, 0.15) is 18.6 Å². The first kappa shape index (κ1) is 12.8. The van der Waals surface area contributed by atoms with Crippen LogP contribution in [0, 0.1) is 0 Å².